The zero-order valence-electron chi connectivity index (χ0n) is 9.33. The quantitative estimate of drug-likeness (QED) is 0.700. The Morgan fingerprint density at radius 3 is 3.07 bits per heavy atom. The highest BCUT2D eigenvalue weighted by atomic mass is 16.2. The predicted molar refractivity (Wildman–Crippen MR) is 58.1 cm³/mol. The average Bonchev–Trinajstić information content (AvgIpc) is 2.22. The second-order valence-electron chi connectivity index (χ2n) is 4.07. The second-order valence-corrected chi connectivity index (χ2v) is 4.07. The van der Waals surface area contributed by atoms with E-state index in [0.717, 1.165) is 6.54 Å². The van der Waals surface area contributed by atoms with Gasteiger partial charge in [-0.1, -0.05) is 6.42 Å². The summed E-state index contributed by atoms with van der Waals surface area (Å²) in [5, 5.41) is 11.1. The molecular weight excluding hydrogens is 190 g/mol. The molecule has 84 valence electrons. The standard InChI is InChI=1S/C11H19N3O/c1-10-5-2-3-8-14(10)9-11(15)13-7-4-6-12/h10H,2-5,7-9H2,1H3,(H,13,15)/t10-/m1/s1. The molecule has 0 unspecified atom stereocenters. The van der Waals surface area contributed by atoms with E-state index < -0.39 is 0 Å². The zero-order chi connectivity index (χ0) is 11.1. The summed E-state index contributed by atoms with van der Waals surface area (Å²) >= 11 is 0. The molecule has 0 aromatic heterocycles. The average molecular weight is 209 g/mol. The van der Waals surface area contributed by atoms with E-state index in [2.05, 4.69) is 17.1 Å². The Hall–Kier alpha value is -1.08. The minimum atomic E-state index is 0.0407. The minimum absolute atomic E-state index is 0.0407. The molecule has 4 heteroatoms. The monoisotopic (exact) mass is 209 g/mol. The number of nitriles is 1. The van der Waals surface area contributed by atoms with Gasteiger partial charge in [0.1, 0.15) is 0 Å². The molecule has 1 N–H and O–H groups in total. The van der Waals surface area contributed by atoms with E-state index in [1.54, 1.807) is 0 Å². The first-order valence-corrected chi connectivity index (χ1v) is 5.61. The number of carbonyl (C=O) groups is 1. The maximum absolute atomic E-state index is 11.5. The van der Waals surface area contributed by atoms with Gasteiger partial charge in [0.15, 0.2) is 0 Å². The van der Waals surface area contributed by atoms with Crippen molar-refractivity contribution in [3.63, 3.8) is 0 Å². The summed E-state index contributed by atoms with van der Waals surface area (Å²) in [5.74, 6) is 0.0407. The van der Waals surface area contributed by atoms with Crippen LogP contribution in [0.2, 0.25) is 0 Å². The minimum Gasteiger partial charge on any atom is -0.354 e. The molecule has 1 heterocycles. The van der Waals surface area contributed by atoms with Gasteiger partial charge in [0.2, 0.25) is 5.91 Å². The molecule has 0 saturated carbocycles. The molecular formula is C11H19N3O. The third-order valence-corrected chi connectivity index (χ3v) is 2.85. The van der Waals surface area contributed by atoms with Gasteiger partial charge in [0.25, 0.3) is 0 Å². The Morgan fingerprint density at radius 1 is 1.60 bits per heavy atom. The highest BCUT2D eigenvalue weighted by molar-refractivity contribution is 5.78. The summed E-state index contributed by atoms with van der Waals surface area (Å²) in [6.45, 7) is 4.14. The van der Waals surface area contributed by atoms with Crippen molar-refractivity contribution in [2.45, 2.75) is 38.6 Å². The Kier molecular flexibility index (Phi) is 5.13. The summed E-state index contributed by atoms with van der Waals surface area (Å²) in [4.78, 5) is 13.7. The van der Waals surface area contributed by atoms with Crippen LogP contribution in [0.3, 0.4) is 0 Å². The smallest absolute Gasteiger partial charge is 0.234 e. The number of likely N-dealkylation sites (tertiary alicyclic amines) is 1. The van der Waals surface area contributed by atoms with E-state index in [1.165, 1.54) is 19.3 Å². The van der Waals surface area contributed by atoms with Gasteiger partial charge in [-0.2, -0.15) is 5.26 Å². The Balaban J connectivity index is 2.21. The Labute approximate surface area is 91.2 Å². The van der Waals surface area contributed by atoms with Crippen molar-refractivity contribution >= 4 is 5.91 Å². The van der Waals surface area contributed by atoms with E-state index in [4.69, 9.17) is 5.26 Å². The molecule has 1 fully saturated rings. The molecule has 1 saturated heterocycles. The number of amides is 1. The number of hydrogen-bond acceptors (Lipinski definition) is 3. The van der Waals surface area contributed by atoms with E-state index in [9.17, 15) is 4.79 Å². The molecule has 1 rings (SSSR count). The Morgan fingerprint density at radius 2 is 2.40 bits per heavy atom. The normalized spacial score (nSPS) is 22.0. The first-order valence-electron chi connectivity index (χ1n) is 5.61. The van der Waals surface area contributed by atoms with Crippen molar-refractivity contribution in [3.8, 4) is 6.07 Å². The molecule has 0 spiro atoms. The third kappa shape index (κ3) is 4.30. The number of rotatable bonds is 4. The van der Waals surface area contributed by atoms with Crippen LogP contribution < -0.4 is 5.32 Å². The lowest BCUT2D eigenvalue weighted by Crippen LogP contribution is -2.44. The van der Waals surface area contributed by atoms with Gasteiger partial charge >= 0.3 is 0 Å². The molecule has 15 heavy (non-hydrogen) atoms. The van der Waals surface area contributed by atoms with Crippen molar-refractivity contribution in [2.75, 3.05) is 19.6 Å². The van der Waals surface area contributed by atoms with E-state index in [-0.39, 0.29) is 5.91 Å². The van der Waals surface area contributed by atoms with Crippen LogP contribution in [0.4, 0.5) is 0 Å². The molecule has 0 aromatic carbocycles. The number of carbonyl (C=O) groups excluding carboxylic acids is 1. The summed E-state index contributed by atoms with van der Waals surface area (Å²) in [6, 6.07) is 2.52. The van der Waals surface area contributed by atoms with Gasteiger partial charge in [-0.25, -0.2) is 0 Å². The zero-order valence-corrected chi connectivity index (χ0v) is 9.33. The van der Waals surface area contributed by atoms with Gasteiger partial charge in [-0.05, 0) is 26.3 Å². The lowest BCUT2D eigenvalue weighted by molar-refractivity contribution is -0.123. The van der Waals surface area contributed by atoms with Crippen LogP contribution in [0.1, 0.15) is 32.6 Å². The molecule has 0 aromatic rings. The van der Waals surface area contributed by atoms with Crippen LogP contribution in [0, 0.1) is 11.3 Å². The van der Waals surface area contributed by atoms with E-state index in [1.807, 2.05) is 6.07 Å². The lowest BCUT2D eigenvalue weighted by Gasteiger charge is -2.32. The molecule has 1 aliphatic heterocycles. The largest absolute Gasteiger partial charge is 0.354 e. The van der Waals surface area contributed by atoms with Gasteiger partial charge in [0, 0.05) is 12.6 Å². The van der Waals surface area contributed by atoms with Crippen molar-refractivity contribution in [3.05, 3.63) is 0 Å². The highest BCUT2D eigenvalue weighted by Gasteiger charge is 2.19. The number of nitrogens with zero attached hydrogens (tertiary/aromatic N) is 2. The maximum atomic E-state index is 11.5. The molecule has 4 nitrogen and oxygen atoms in total. The summed E-state index contributed by atoms with van der Waals surface area (Å²) < 4.78 is 0. The van der Waals surface area contributed by atoms with Crippen LogP contribution in [0.5, 0.6) is 0 Å². The highest BCUT2D eigenvalue weighted by Crippen LogP contribution is 2.15. The number of hydrogen-bond donors (Lipinski definition) is 1. The van der Waals surface area contributed by atoms with Crippen molar-refractivity contribution in [1.29, 1.82) is 5.26 Å². The fourth-order valence-corrected chi connectivity index (χ4v) is 1.89. The SMILES string of the molecule is C[C@@H]1CCCCN1CC(=O)NCCC#N. The second kappa shape index (κ2) is 6.41. The molecule has 0 radical (unpaired) electrons. The van der Waals surface area contributed by atoms with E-state index in [0.29, 0.717) is 25.6 Å². The van der Waals surface area contributed by atoms with Crippen LogP contribution in [-0.2, 0) is 4.79 Å². The maximum Gasteiger partial charge on any atom is 0.234 e. The molecule has 1 atom stereocenters. The van der Waals surface area contributed by atoms with Crippen LogP contribution in [-0.4, -0.2) is 36.5 Å². The molecule has 1 aliphatic rings. The predicted octanol–water partition coefficient (Wildman–Crippen LogP) is 0.891. The Bertz CT molecular complexity index is 247. The van der Waals surface area contributed by atoms with Crippen molar-refractivity contribution in [1.82, 2.24) is 10.2 Å². The summed E-state index contributed by atoms with van der Waals surface area (Å²) in [7, 11) is 0. The lowest BCUT2D eigenvalue weighted by atomic mass is 10.0. The van der Waals surface area contributed by atoms with Gasteiger partial charge in [0.05, 0.1) is 19.0 Å². The molecule has 0 aliphatic carbocycles. The number of nitrogens with one attached hydrogen (secondary N) is 1. The van der Waals surface area contributed by atoms with E-state index >= 15 is 0 Å². The van der Waals surface area contributed by atoms with Crippen molar-refractivity contribution < 1.29 is 4.79 Å². The topological polar surface area (TPSA) is 56.1 Å². The van der Waals surface area contributed by atoms with Crippen LogP contribution in [0.15, 0.2) is 0 Å². The van der Waals surface area contributed by atoms with Gasteiger partial charge in [-0.3, -0.25) is 9.69 Å². The van der Waals surface area contributed by atoms with Gasteiger partial charge < -0.3 is 5.32 Å². The van der Waals surface area contributed by atoms with Gasteiger partial charge in [-0.15, -0.1) is 0 Å². The number of piperidine rings is 1. The summed E-state index contributed by atoms with van der Waals surface area (Å²) in [6.07, 6.45) is 4.04. The summed E-state index contributed by atoms with van der Waals surface area (Å²) in [5.41, 5.74) is 0. The fourth-order valence-electron chi connectivity index (χ4n) is 1.89. The first-order chi connectivity index (χ1) is 7.24. The van der Waals surface area contributed by atoms with Crippen molar-refractivity contribution in [2.24, 2.45) is 0 Å². The third-order valence-electron chi connectivity index (χ3n) is 2.85. The fraction of sp³-hybridized carbons (Fsp3) is 0.818. The first kappa shape index (κ1) is 12.0. The molecule has 0 bridgehead atoms. The van der Waals surface area contributed by atoms with Crippen LogP contribution >= 0.6 is 0 Å². The van der Waals surface area contributed by atoms with Crippen LogP contribution in [0.25, 0.3) is 0 Å². The molecule has 1 amide bonds.